The molecule has 5 nitrogen and oxygen atoms in total. The summed E-state index contributed by atoms with van der Waals surface area (Å²) in [5.74, 6) is 0.684. The van der Waals surface area contributed by atoms with Gasteiger partial charge in [0, 0.05) is 17.8 Å². The number of ether oxygens (including phenoxy) is 1. The second-order valence-electron chi connectivity index (χ2n) is 6.50. The summed E-state index contributed by atoms with van der Waals surface area (Å²) in [5.41, 5.74) is 2.47. The van der Waals surface area contributed by atoms with E-state index in [4.69, 9.17) is 16.3 Å². The van der Waals surface area contributed by atoms with Gasteiger partial charge in [-0.2, -0.15) is 0 Å². The number of anilines is 2. The van der Waals surface area contributed by atoms with Gasteiger partial charge in [0.2, 0.25) is 5.91 Å². The predicted octanol–water partition coefficient (Wildman–Crippen LogP) is 4.90. The van der Waals surface area contributed by atoms with E-state index in [0.717, 1.165) is 5.56 Å². The van der Waals surface area contributed by atoms with Gasteiger partial charge in [0.1, 0.15) is 5.75 Å². The minimum absolute atomic E-state index is 0.180. The highest BCUT2D eigenvalue weighted by atomic mass is 35.5. The first-order valence-electron chi connectivity index (χ1n) is 8.74. The lowest BCUT2D eigenvalue weighted by molar-refractivity contribution is -0.115. The van der Waals surface area contributed by atoms with Crippen molar-refractivity contribution in [1.29, 1.82) is 0 Å². The number of carbonyl (C=O) groups excluding carboxylic acids is 2. The molecule has 1 heterocycles. The molecule has 6 heteroatoms. The SMILES string of the molecule is CN1C(=O)c2cc(NC(=O)Cc3ccc(Cl)cc3)ccc2Oc2ccccc21. The quantitative estimate of drug-likeness (QED) is 0.689. The lowest BCUT2D eigenvalue weighted by atomic mass is 10.1. The second-order valence-corrected chi connectivity index (χ2v) is 6.93. The van der Waals surface area contributed by atoms with Gasteiger partial charge < -0.3 is 15.0 Å². The van der Waals surface area contributed by atoms with E-state index in [1.165, 1.54) is 0 Å². The molecule has 0 atom stereocenters. The van der Waals surface area contributed by atoms with Gasteiger partial charge in [-0.05, 0) is 48.0 Å². The summed E-state index contributed by atoms with van der Waals surface area (Å²) in [4.78, 5) is 26.8. The number of benzene rings is 3. The number of para-hydroxylation sites is 2. The molecule has 0 spiro atoms. The van der Waals surface area contributed by atoms with Gasteiger partial charge in [0.05, 0.1) is 17.7 Å². The maximum Gasteiger partial charge on any atom is 0.261 e. The van der Waals surface area contributed by atoms with Crippen molar-refractivity contribution in [2.45, 2.75) is 6.42 Å². The third-order valence-corrected chi connectivity index (χ3v) is 4.77. The van der Waals surface area contributed by atoms with E-state index in [1.807, 2.05) is 36.4 Å². The lowest BCUT2D eigenvalue weighted by Gasteiger charge is -2.16. The summed E-state index contributed by atoms with van der Waals surface area (Å²) >= 11 is 5.87. The number of amides is 2. The van der Waals surface area contributed by atoms with Crippen molar-refractivity contribution < 1.29 is 14.3 Å². The Labute approximate surface area is 167 Å². The van der Waals surface area contributed by atoms with E-state index < -0.39 is 0 Å². The van der Waals surface area contributed by atoms with Gasteiger partial charge in [-0.3, -0.25) is 9.59 Å². The molecule has 0 aliphatic carbocycles. The molecule has 1 N–H and O–H groups in total. The van der Waals surface area contributed by atoms with Crippen molar-refractivity contribution in [2.75, 3.05) is 17.3 Å². The number of hydrogen-bond donors (Lipinski definition) is 1. The average Bonchev–Trinajstić information content (AvgIpc) is 2.79. The Morgan fingerprint density at radius 1 is 1.04 bits per heavy atom. The van der Waals surface area contributed by atoms with Crippen molar-refractivity contribution in [3.63, 3.8) is 0 Å². The lowest BCUT2D eigenvalue weighted by Crippen LogP contribution is -2.25. The van der Waals surface area contributed by atoms with Crippen LogP contribution in [-0.4, -0.2) is 18.9 Å². The van der Waals surface area contributed by atoms with Gasteiger partial charge in [-0.15, -0.1) is 0 Å². The Balaban J connectivity index is 1.56. The molecule has 0 bridgehead atoms. The van der Waals surface area contributed by atoms with Crippen molar-refractivity contribution in [3.05, 3.63) is 82.9 Å². The molecule has 0 unspecified atom stereocenters. The van der Waals surface area contributed by atoms with E-state index in [9.17, 15) is 9.59 Å². The van der Waals surface area contributed by atoms with E-state index in [-0.39, 0.29) is 18.2 Å². The fourth-order valence-corrected chi connectivity index (χ4v) is 3.21. The molecule has 0 aromatic heterocycles. The molecule has 2 amide bonds. The minimum atomic E-state index is -0.200. The monoisotopic (exact) mass is 392 g/mol. The number of carbonyl (C=O) groups is 2. The van der Waals surface area contributed by atoms with Gasteiger partial charge in [0.15, 0.2) is 5.75 Å². The highest BCUT2D eigenvalue weighted by Crippen LogP contribution is 2.38. The summed E-state index contributed by atoms with van der Waals surface area (Å²) < 4.78 is 5.92. The molecule has 3 aromatic carbocycles. The van der Waals surface area contributed by atoms with Gasteiger partial charge in [-0.1, -0.05) is 35.9 Å². The maximum atomic E-state index is 12.9. The molecule has 3 aromatic rings. The molecule has 0 fully saturated rings. The predicted molar refractivity (Wildman–Crippen MR) is 109 cm³/mol. The molecule has 0 radical (unpaired) electrons. The number of fused-ring (bicyclic) bond motifs is 2. The third-order valence-electron chi connectivity index (χ3n) is 4.52. The van der Waals surface area contributed by atoms with Crippen LogP contribution >= 0.6 is 11.6 Å². The van der Waals surface area contributed by atoms with Crippen LogP contribution < -0.4 is 15.0 Å². The Kier molecular flexibility index (Phi) is 4.75. The Bertz CT molecular complexity index is 1060. The number of rotatable bonds is 3. The van der Waals surface area contributed by atoms with Crippen LogP contribution in [-0.2, 0) is 11.2 Å². The molecule has 1 aliphatic rings. The highest BCUT2D eigenvalue weighted by molar-refractivity contribution is 6.30. The maximum absolute atomic E-state index is 12.9. The molecule has 28 heavy (non-hydrogen) atoms. The van der Waals surface area contributed by atoms with Crippen molar-refractivity contribution in [2.24, 2.45) is 0 Å². The van der Waals surface area contributed by atoms with Crippen LogP contribution in [0.3, 0.4) is 0 Å². The van der Waals surface area contributed by atoms with E-state index in [1.54, 1.807) is 42.3 Å². The zero-order chi connectivity index (χ0) is 19.7. The van der Waals surface area contributed by atoms with Crippen LogP contribution in [0.15, 0.2) is 66.7 Å². The molecule has 0 saturated carbocycles. The molecule has 140 valence electrons. The van der Waals surface area contributed by atoms with Crippen molar-refractivity contribution in [1.82, 2.24) is 0 Å². The van der Waals surface area contributed by atoms with Crippen LogP contribution in [0.5, 0.6) is 11.5 Å². The summed E-state index contributed by atoms with van der Waals surface area (Å²) in [5, 5.41) is 3.46. The smallest absolute Gasteiger partial charge is 0.261 e. The number of nitrogens with one attached hydrogen (secondary N) is 1. The Morgan fingerprint density at radius 3 is 2.57 bits per heavy atom. The molecule has 0 saturated heterocycles. The molecular weight excluding hydrogens is 376 g/mol. The largest absolute Gasteiger partial charge is 0.454 e. The third kappa shape index (κ3) is 3.57. The van der Waals surface area contributed by atoms with E-state index >= 15 is 0 Å². The fraction of sp³-hybridized carbons (Fsp3) is 0.0909. The van der Waals surface area contributed by atoms with Gasteiger partial charge >= 0.3 is 0 Å². The zero-order valence-corrected chi connectivity index (χ0v) is 15.9. The standard InChI is InChI=1S/C22H17ClN2O3/c1-25-18-4-2-3-5-20(18)28-19-11-10-16(13-17(19)22(25)27)24-21(26)12-14-6-8-15(23)9-7-14/h2-11,13H,12H2,1H3,(H,24,26). The molecular formula is C22H17ClN2O3. The topological polar surface area (TPSA) is 58.6 Å². The van der Waals surface area contributed by atoms with Crippen LogP contribution in [0, 0.1) is 0 Å². The van der Waals surface area contributed by atoms with Crippen LogP contribution in [0.1, 0.15) is 15.9 Å². The number of nitrogens with zero attached hydrogens (tertiary/aromatic N) is 1. The summed E-state index contributed by atoms with van der Waals surface area (Å²) in [6.07, 6.45) is 0.212. The molecule has 1 aliphatic heterocycles. The van der Waals surface area contributed by atoms with Crippen LogP contribution in [0.4, 0.5) is 11.4 Å². The Hall–Kier alpha value is -3.31. The highest BCUT2D eigenvalue weighted by Gasteiger charge is 2.25. The summed E-state index contributed by atoms with van der Waals surface area (Å²) in [6, 6.07) is 19.5. The summed E-state index contributed by atoms with van der Waals surface area (Å²) in [7, 11) is 1.70. The zero-order valence-electron chi connectivity index (χ0n) is 15.1. The first-order valence-corrected chi connectivity index (χ1v) is 9.12. The normalized spacial score (nSPS) is 12.5. The first-order chi connectivity index (χ1) is 13.5. The Morgan fingerprint density at radius 2 is 1.79 bits per heavy atom. The van der Waals surface area contributed by atoms with Gasteiger partial charge in [-0.25, -0.2) is 0 Å². The minimum Gasteiger partial charge on any atom is -0.454 e. The summed E-state index contributed by atoms with van der Waals surface area (Å²) in [6.45, 7) is 0. The van der Waals surface area contributed by atoms with E-state index in [2.05, 4.69) is 5.32 Å². The van der Waals surface area contributed by atoms with E-state index in [0.29, 0.717) is 33.5 Å². The average molecular weight is 393 g/mol. The number of halogens is 1. The molecule has 4 rings (SSSR count). The van der Waals surface area contributed by atoms with Gasteiger partial charge in [0.25, 0.3) is 5.91 Å². The number of hydrogen-bond acceptors (Lipinski definition) is 3. The van der Waals surface area contributed by atoms with Crippen molar-refractivity contribution >= 4 is 34.8 Å². The van der Waals surface area contributed by atoms with Crippen molar-refractivity contribution in [3.8, 4) is 11.5 Å². The van der Waals surface area contributed by atoms with Crippen LogP contribution in [0.25, 0.3) is 0 Å². The van der Waals surface area contributed by atoms with Crippen LogP contribution in [0.2, 0.25) is 5.02 Å². The fourth-order valence-electron chi connectivity index (χ4n) is 3.09. The first kappa shape index (κ1) is 18.1. The second kappa shape index (κ2) is 7.37.